The van der Waals surface area contributed by atoms with Gasteiger partial charge in [-0.15, -0.1) is 0 Å². The van der Waals surface area contributed by atoms with Gasteiger partial charge in [0.2, 0.25) is 0 Å². The molecule has 10 heteroatoms. The molecule has 0 aliphatic rings. The molecular weight excluding hydrogens is 319 g/mol. The van der Waals surface area contributed by atoms with Crippen LogP contribution >= 0.6 is 8.25 Å². The first kappa shape index (κ1) is 21.0. The lowest BCUT2D eigenvalue weighted by Gasteiger charge is -2.07. The lowest BCUT2D eigenvalue weighted by molar-refractivity contribution is -0.142. The largest absolute Gasteiger partial charge is 0.469 e. The Labute approximate surface area is 130 Å². The van der Waals surface area contributed by atoms with Crippen LogP contribution in [0.5, 0.6) is 0 Å². The summed E-state index contributed by atoms with van der Waals surface area (Å²) in [5.74, 6) is -0.713. The van der Waals surface area contributed by atoms with Crippen molar-refractivity contribution in [3.8, 4) is 0 Å². The molecule has 0 unspecified atom stereocenters. The highest BCUT2D eigenvalue weighted by atomic mass is 31.1. The molecule has 0 spiro atoms. The van der Waals surface area contributed by atoms with Gasteiger partial charge in [0.05, 0.1) is 66.7 Å². The summed E-state index contributed by atoms with van der Waals surface area (Å²) in [6, 6.07) is 0. The summed E-state index contributed by atoms with van der Waals surface area (Å²) >= 11 is 0. The molecule has 9 nitrogen and oxygen atoms in total. The number of hydrogen-bond acceptors (Lipinski definition) is 9. The first-order chi connectivity index (χ1) is 10.6. The van der Waals surface area contributed by atoms with Gasteiger partial charge in [-0.2, -0.15) is 0 Å². The Hall–Kier alpha value is -0.990. The Morgan fingerprint density at radius 1 is 0.727 bits per heavy atom. The van der Waals surface area contributed by atoms with Gasteiger partial charge in [0, 0.05) is 0 Å². The Kier molecular flexibility index (Phi) is 14.3. The molecule has 0 bridgehead atoms. The number of carbonyl (C=O) groups is 2. The summed E-state index contributed by atoms with van der Waals surface area (Å²) in [5.41, 5.74) is 0. The average Bonchev–Trinajstić information content (AvgIpc) is 2.53. The first-order valence-corrected chi connectivity index (χ1v) is 7.91. The zero-order valence-corrected chi connectivity index (χ0v) is 13.8. The van der Waals surface area contributed by atoms with E-state index in [4.69, 9.17) is 18.5 Å². The van der Waals surface area contributed by atoms with E-state index < -0.39 is 8.25 Å². The highest BCUT2D eigenvalue weighted by Gasteiger charge is 2.03. The maximum atomic E-state index is 11.3. The summed E-state index contributed by atoms with van der Waals surface area (Å²) < 4.78 is 40.1. The van der Waals surface area contributed by atoms with Crippen molar-refractivity contribution < 1.29 is 42.1 Å². The predicted molar refractivity (Wildman–Crippen MR) is 75.8 cm³/mol. The SMILES string of the molecule is COC(=O)CCOCCO[PH](=O)OCCOCCC(=O)OC. The van der Waals surface area contributed by atoms with Gasteiger partial charge in [0.1, 0.15) is 0 Å². The van der Waals surface area contributed by atoms with E-state index >= 15 is 0 Å². The highest BCUT2D eigenvalue weighted by Crippen LogP contribution is 2.22. The van der Waals surface area contributed by atoms with Gasteiger partial charge < -0.3 is 28.0 Å². The van der Waals surface area contributed by atoms with Crippen LogP contribution < -0.4 is 0 Å². The van der Waals surface area contributed by atoms with Crippen LogP contribution in [0.3, 0.4) is 0 Å². The molecule has 0 radical (unpaired) electrons. The second-order valence-corrected chi connectivity index (χ2v) is 4.90. The molecule has 0 aromatic heterocycles. The van der Waals surface area contributed by atoms with Crippen molar-refractivity contribution in [3.05, 3.63) is 0 Å². The minimum atomic E-state index is -2.60. The van der Waals surface area contributed by atoms with Crippen LogP contribution in [-0.2, 0) is 42.1 Å². The molecule has 0 amide bonds. The standard InChI is InChI=1S/C12H23O9P/c1-16-11(13)3-5-18-7-9-20-22(15)21-10-8-19-6-4-12(14)17-2/h22H,3-10H2,1-2H3. The number of hydrogen-bond donors (Lipinski definition) is 0. The molecule has 0 saturated carbocycles. The van der Waals surface area contributed by atoms with Gasteiger partial charge in [0.25, 0.3) is 0 Å². The summed E-state index contributed by atoms with van der Waals surface area (Å²) in [5, 5.41) is 0. The normalized spacial score (nSPS) is 10.7. The fraction of sp³-hybridized carbons (Fsp3) is 0.833. The van der Waals surface area contributed by atoms with Gasteiger partial charge in [-0.3, -0.25) is 14.2 Å². The Balaban J connectivity index is 3.29. The van der Waals surface area contributed by atoms with E-state index in [1.165, 1.54) is 14.2 Å². The molecule has 0 atom stereocenters. The van der Waals surface area contributed by atoms with Crippen LogP contribution in [0, 0.1) is 0 Å². The van der Waals surface area contributed by atoms with Crippen LogP contribution in [-0.4, -0.2) is 65.8 Å². The quantitative estimate of drug-likeness (QED) is 0.254. The monoisotopic (exact) mass is 342 g/mol. The van der Waals surface area contributed by atoms with Crippen LogP contribution in [0.4, 0.5) is 0 Å². The topological polar surface area (TPSA) is 107 Å². The highest BCUT2D eigenvalue weighted by molar-refractivity contribution is 7.33. The number of carbonyl (C=O) groups excluding carboxylic acids is 2. The summed E-state index contributed by atoms with van der Waals surface area (Å²) in [4.78, 5) is 21.5. The Morgan fingerprint density at radius 3 is 1.50 bits per heavy atom. The van der Waals surface area contributed by atoms with Crippen molar-refractivity contribution >= 4 is 20.2 Å². The summed E-state index contributed by atoms with van der Waals surface area (Å²) in [6.45, 7) is 1.03. The Bertz CT molecular complexity index is 305. The van der Waals surface area contributed by atoms with E-state index in [0.717, 1.165) is 0 Å². The fourth-order valence-electron chi connectivity index (χ4n) is 1.13. The van der Waals surface area contributed by atoms with Crippen LogP contribution in [0.2, 0.25) is 0 Å². The van der Waals surface area contributed by atoms with E-state index in [1.54, 1.807) is 0 Å². The fourth-order valence-corrected chi connectivity index (χ4v) is 1.71. The number of rotatable bonds is 14. The number of methoxy groups -OCH3 is 2. The second kappa shape index (κ2) is 14.9. The predicted octanol–water partition coefficient (Wildman–Crippen LogP) is 0.569. The van der Waals surface area contributed by atoms with Crippen molar-refractivity contribution in [2.45, 2.75) is 12.8 Å². The van der Waals surface area contributed by atoms with Crippen molar-refractivity contribution in [2.24, 2.45) is 0 Å². The third kappa shape index (κ3) is 14.0. The molecule has 0 aromatic carbocycles. The third-order valence-electron chi connectivity index (χ3n) is 2.25. The number of ether oxygens (including phenoxy) is 4. The van der Waals surface area contributed by atoms with Gasteiger partial charge in [-0.1, -0.05) is 0 Å². The lowest BCUT2D eigenvalue weighted by atomic mass is 10.5. The van der Waals surface area contributed by atoms with Crippen molar-refractivity contribution in [1.29, 1.82) is 0 Å². The van der Waals surface area contributed by atoms with E-state index in [9.17, 15) is 14.2 Å². The molecule has 0 N–H and O–H groups in total. The van der Waals surface area contributed by atoms with Gasteiger partial charge in [-0.05, 0) is 0 Å². The van der Waals surface area contributed by atoms with E-state index in [0.29, 0.717) is 0 Å². The van der Waals surface area contributed by atoms with Gasteiger partial charge in [-0.25, -0.2) is 0 Å². The maximum Gasteiger partial charge on any atom is 0.319 e. The van der Waals surface area contributed by atoms with Crippen LogP contribution in [0.15, 0.2) is 0 Å². The van der Waals surface area contributed by atoms with Gasteiger partial charge in [0.15, 0.2) is 0 Å². The van der Waals surface area contributed by atoms with Crippen LogP contribution in [0.1, 0.15) is 12.8 Å². The van der Waals surface area contributed by atoms with E-state index in [2.05, 4.69) is 9.47 Å². The number of esters is 2. The van der Waals surface area contributed by atoms with Crippen molar-refractivity contribution in [3.63, 3.8) is 0 Å². The maximum absolute atomic E-state index is 11.3. The Morgan fingerprint density at radius 2 is 1.14 bits per heavy atom. The zero-order valence-electron chi connectivity index (χ0n) is 12.8. The second-order valence-electron chi connectivity index (χ2n) is 3.82. The van der Waals surface area contributed by atoms with E-state index in [-0.39, 0.29) is 64.4 Å². The molecule has 0 aromatic rings. The minimum Gasteiger partial charge on any atom is -0.469 e. The first-order valence-electron chi connectivity index (χ1n) is 6.68. The lowest BCUT2D eigenvalue weighted by Crippen LogP contribution is -2.09. The van der Waals surface area contributed by atoms with E-state index in [1.807, 2.05) is 0 Å². The molecule has 0 aliphatic carbocycles. The molecule has 0 rings (SSSR count). The van der Waals surface area contributed by atoms with Crippen LogP contribution in [0.25, 0.3) is 0 Å². The molecule has 22 heavy (non-hydrogen) atoms. The van der Waals surface area contributed by atoms with Crippen molar-refractivity contribution in [2.75, 3.05) is 53.9 Å². The third-order valence-corrected chi connectivity index (χ3v) is 3.13. The molecule has 0 fully saturated rings. The smallest absolute Gasteiger partial charge is 0.319 e. The molecular formula is C12H23O9P. The summed E-state index contributed by atoms with van der Waals surface area (Å²) in [6.07, 6.45) is 0.316. The molecule has 130 valence electrons. The average molecular weight is 342 g/mol. The minimum absolute atomic E-state index is 0.0994. The molecule has 0 heterocycles. The van der Waals surface area contributed by atoms with Gasteiger partial charge >= 0.3 is 20.2 Å². The molecule has 0 saturated heterocycles. The van der Waals surface area contributed by atoms with Crippen molar-refractivity contribution in [1.82, 2.24) is 0 Å². The summed E-state index contributed by atoms with van der Waals surface area (Å²) in [7, 11) is 0.000994. The molecule has 0 aliphatic heterocycles. The zero-order chi connectivity index (χ0) is 16.6.